The van der Waals surface area contributed by atoms with Crippen LogP contribution in [0.4, 0.5) is 0 Å². The zero-order valence-corrected chi connectivity index (χ0v) is 22.0. The van der Waals surface area contributed by atoms with E-state index in [-0.39, 0.29) is 10.7 Å². The Morgan fingerprint density at radius 2 is 1.86 bits per heavy atom. The number of pyridine rings is 1. The summed E-state index contributed by atoms with van der Waals surface area (Å²) in [5.41, 5.74) is 5.68. The molecule has 2 aromatic carbocycles. The summed E-state index contributed by atoms with van der Waals surface area (Å²) in [5.74, 6) is 0.929. The van der Waals surface area contributed by atoms with Crippen LogP contribution in [-0.2, 0) is 20.1 Å². The van der Waals surface area contributed by atoms with Gasteiger partial charge in [0.05, 0.1) is 11.8 Å². The van der Waals surface area contributed by atoms with Crippen molar-refractivity contribution in [3.05, 3.63) is 89.4 Å². The van der Waals surface area contributed by atoms with Gasteiger partial charge in [-0.05, 0) is 48.7 Å². The first-order chi connectivity index (χ1) is 16.7. The smallest absolute Gasteiger partial charge is 0.130 e. The molecule has 0 radical (unpaired) electrons. The van der Waals surface area contributed by atoms with Crippen LogP contribution in [0, 0.1) is 18.3 Å². The molecule has 0 N–H and O–H groups in total. The number of benzene rings is 2. The summed E-state index contributed by atoms with van der Waals surface area (Å²) in [6, 6.07) is 23.3. The molecule has 1 unspecified atom stereocenters. The Labute approximate surface area is 213 Å². The van der Waals surface area contributed by atoms with Crippen LogP contribution in [0.5, 0.6) is 5.75 Å². The minimum absolute atomic E-state index is 0.0235. The standard InChI is InChI=1S/C30H33N3OS/c1-21-11-12-24(32-19-21)20-34-25-13-14-27-26(18-25)29(35-30(2,3)4)28(33(27)5)23(15-16-31)17-22-9-7-6-8-10-22/h6-14,18-19,23H,15,17,20H2,1-5H3. The van der Waals surface area contributed by atoms with E-state index in [1.165, 1.54) is 21.5 Å². The molecule has 0 aliphatic rings. The highest BCUT2D eigenvalue weighted by atomic mass is 32.2. The molecule has 0 bridgehead atoms. The topological polar surface area (TPSA) is 50.8 Å². The Balaban J connectivity index is 1.75. The Kier molecular flexibility index (Phi) is 7.52. The maximum Gasteiger partial charge on any atom is 0.130 e. The number of aromatic nitrogens is 2. The summed E-state index contributed by atoms with van der Waals surface area (Å²) < 4.78 is 8.45. The zero-order valence-electron chi connectivity index (χ0n) is 21.2. The maximum atomic E-state index is 9.71. The molecule has 2 heterocycles. The van der Waals surface area contributed by atoms with Crippen molar-refractivity contribution in [2.24, 2.45) is 7.05 Å². The second-order valence-electron chi connectivity index (χ2n) is 10.0. The fourth-order valence-electron chi connectivity index (χ4n) is 4.39. The predicted molar refractivity (Wildman–Crippen MR) is 145 cm³/mol. The van der Waals surface area contributed by atoms with Crippen molar-refractivity contribution in [2.75, 3.05) is 0 Å². The Hall–Kier alpha value is -3.23. The lowest BCUT2D eigenvalue weighted by atomic mass is 9.93. The van der Waals surface area contributed by atoms with Gasteiger partial charge in [0.25, 0.3) is 0 Å². The van der Waals surface area contributed by atoms with Crippen molar-refractivity contribution < 1.29 is 4.74 Å². The first-order valence-electron chi connectivity index (χ1n) is 12.0. The van der Waals surface area contributed by atoms with Gasteiger partial charge in [-0.2, -0.15) is 5.26 Å². The lowest BCUT2D eigenvalue weighted by molar-refractivity contribution is 0.301. The lowest BCUT2D eigenvalue weighted by Gasteiger charge is -2.22. The number of nitrogens with zero attached hydrogens (tertiary/aromatic N) is 3. The minimum atomic E-state index is 0.0235. The van der Waals surface area contributed by atoms with Crippen LogP contribution in [0.1, 0.15) is 55.6 Å². The number of hydrogen-bond acceptors (Lipinski definition) is 4. The van der Waals surface area contributed by atoms with E-state index < -0.39 is 0 Å². The molecule has 0 aliphatic heterocycles. The molecule has 0 saturated heterocycles. The molecule has 4 nitrogen and oxygen atoms in total. The molecule has 0 saturated carbocycles. The Bertz CT molecular complexity index is 1330. The molecule has 1 atom stereocenters. The van der Waals surface area contributed by atoms with Crippen molar-refractivity contribution in [2.45, 2.75) is 62.7 Å². The molecular weight excluding hydrogens is 450 g/mol. The number of ether oxygens (including phenoxy) is 1. The van der Waals surface area contributed by atoms with Crippen LogP contribution < -0.4 is 4.74 Å². The minimum Gasteiger partial charge on any atom is -0.487 e. The summed E-state index contributed by atoms with van der Waals surface area (Å²) >= 11 is 1.87. The molecule has 0 fully saturated rings. The predicted octanol–water partition coefficient (Wildman–Crippen LogP) is 7.59. The molecule has 2 aromatic heterocycles. The lowest BCUT2D eigenvalue weighted by Crippen LogP contribution is -2.12. The zero-order chi connectivity index (χ0) is 25.0. The van der Waals surface area contributed by atoms with Crippen molar-refractivity contribution in [3.8, 4) is 11.8 Å². The maximum absolute atomic E-state index is 9.71. The highest BCUT2D eigenvalue weighted by molar-refractivity contribution is 8.00. The van der Waals surface area contributed by atoms with Crippen LogP contribution in [0.2, 0.25) is 0 Å². The Morgan fingerprint density at radius 3 is 2.51 bits per heavy atom. The van der Waals surface area contributed by atoms with Crippen LogP contribution >= 0.6 is 11.8 Å². The van der Waals surface area contributed by atoms with Gasteiger partial charge in [-0.25, -0.2) is 0 Å². The summed E-state index contributed by atoms with van der Waals surface area (Å²) in [5, 5.41) is 10.9. The van der Waals surface area contributed by atoms with Crippen molar-refractivity contribution in [3.63, 3.8) is 0 Å². The first kappa shape index (κ1) is 24.9. The molecule has 0 spiro atoms. The van der Waals surface area contributed by atoms with E-state index in [0.717, 1.165) is 28.9 Å². The third-order valence-electron chi connectivity index (χ3n) is 5.98. The van der Waals surface area contributed by atoms with Gasteiger partial charge < -0.3 is 9.30 Å². The van der Waals surface area contributed by atoms with Crippen LogP contribution in [0.15, 0.2) is 71.8 Å². The number of nitriles is 1. The summed E-state index contributed by atoms with van der Waals surface area (Å²) in [6.45, 7) is 9.17. The molecule has 0 amide bonds. The second-order valence-corrected chi connectivity index (χ2v) is 11.9. The number of fused-ring (bicyclic) bond motifs is 1. The molecule has 4 aromatic rings. The highest BCUT2D eigenvalue weighted by Gasteiger charge is 2.27. The van der Waals surface area contributed by atoms with Crippen LogP contribution in [-0.4, -0.2) is 14.3 Å². The van der Waals surface area contributed by atoms with Gasteiger partial charge in [0.15, 0.2) is 0 Å². The molecular formula is C30H33N3OS. The highest BCUT2D eigenvalue weighted by Crippen LogP contribution is 2.45. The van der Waals surface area contributed by atoms with E-state index in [1.807, 2.05) is 43.1 Å². The number of thioether (sulfide) groups is 1. The molecule has 180 valence electrons. The number of aryl methyl sites for hydroxylation is 2. The van der Waals surface area contributed by atoms with Gasteiger partial charge in [-0.3, -0.25) is 4.98 Å². The van der Waals surface area contributed by atoms with Gasteiger partial charge in [0.2, 0.25) is 0 Å². The van der Waals surface area contributed by atoms with E-state index in [2.05, 4.69) is 85.9 Å². The number of hydrogen-bond donors (Lipinski definition) is 0. The summed E-state index contributed by atoms with van der Waals surface area (Å²) in [7, 11) is 2.12. The normalized spacial score (nSPS) is 12.5. The fourth-order valence-corrected chi connectivity index (χ4v) is 5.68. The molecule has 5 heteroatoms. The number of rotatable bonds is 8. The van der Waals surface area contributed by atoms with E-state index in [4.69, 9.17) is 4.74 Å². The van der Waals surface area contributed by atoms with E-state index in [1.54, 1.807) is 0 Å². The van der Waals surface area contributed by atoms with Gasteiger partial charge >= 0.3 is 0 Å². The largest absolute Gasteiger partial charge is 0.487 e. The quantitative estimate of drug-likeness (QED) is 0.242. The third-order valence-corrected chi connectivity index (χ3v) is 7.23. The SMILES string of the molecule is Cc1ccc(COc2ccc3c(c2)c(SC(C)(C)C)c(C(CC#N)Cc2ccccc2)n3C)nc1. The molecule has 35 heavy (non-hydrogen) atoms. The summed E-state index contributed by atoms with van der Waals surface area (Å²) in [6.07, 6.45) is 3.17. The van der Waals surface area contributed by atoms with E-state index >= 15 is 0 Å². The van der Waals surface area contributed by atoms with Crippen molar-refractivity contribution >= 4 is 22.7 Å². The first-order valence-corrected chi connectivity index (χ1v) is 12.8. The van der Waals surface area contributed by atoms with Gasteiger partial charge in [-0.1, -0.05) is 57.2 Å². The monoisotopic (exact) mass is 483 g/mol. The van der Waals surface area contributed by atoms with Gasteiger partial charge in [0.1, 0.15) is 12.4 Å². The van der Waals surface area contributed by atoms with E-state index in [9.17, 15) is 5.26 Å². The van der Waals surface area contributed by atoms with Crippen LogP contribution in [0.25, 0.3) is 10.9 Å². The average molecular weight is 484 g/mol. The molecule has 0 aliphatic carbocycles. The van der Waals surface area contributed by atoms with Gasteiger partial charge in [-0.15, -0.1) is 11.8 Å². The fraction of sp³-hybridized carbons (Fsp3) is 0.333. The Morgan fingerprint density at radius 1 is 1.09 bits per heavy atom. The molecule has 4 rings (SSSR count). The van der Waals surface area contributed by atoms with Crippen molar-refractivity contribution in [1.82, 2.24) is 9.55 Å². The van der Waals surface area contributed by atoms with Crippen molar-refractivity contribution in [1.29, 1.82) is 5.26 Å². The van der Waals surface area contributed by atoms with Crippen LogP contribution in [0.3, 0.4) is 0 Å². The van der Waals surface area contributed by atoms with Gasteiger partial charge in [0, 0.05) is 51.8 Å². The average Bonchev–Trinajstić information content (AvgIpc) is 3.08. The van der Waals surface area contributed by atoms with E-state index in [0.29, 0.717) is 13.0 Å². The third kappa shape index (κ3) is 6.07. The summed E-state index contributed by atoms with van der Waals surface area (Å²) in [4.78, 5) is 5.70. The second kappa shape index (κ2) is 10.6.